The van der Waals surface area contributed by atoms with Gasteiger partial charge >= 0.3 is 5.97 Å². The van der Waals surface area contributed by atoms with Gasteiger partial charge in [0, 0.05) is 25.3 Å². The standard InChI is InChI=1S/C16H22N4O3/c1-16(2)12(13(16)15(22)23)14(21)18-10-5-4-8-20(9-10)11-6-3-7-17-19-11/h3,6-7,10,12-13H,4-5,8-9H2,1-2H3,(H,18,21)(H,22,23)/t10?,12-,13+/m1/s1. The summed E-state index contributed by atoms with van der Waals surface area (Å²) < 4.78 is 0. The van der Waals surface area contributed by atoms with Gasteiger partial charge in [-0.1, -0.05) is 13.8 Å². The Balaban J connectivity index is 1.60. The molecule has 2 N–H and O–H groups in total. The van der Waals surface area contributed by atoms with Gasteiger partial charge in [-0.05, 0) is 30.4 Å². The number of aromatic nitrogens is 2. The van der Waals surface area contributed by atoms with Crippen LogP contribution in [-0.2, 0) is 9.59 Å². The van der Waals surface area contributed by atoms with Gasteiger partial charge in [-0.2, -0.15) is 5.10 Å². The highest BCUT2D eigenvalue weighted by atomic mass is 16.4. The van der Waals surface area contributed by atoms with Gasteiger partial charge in [0.15, 0.2) is 5.82 Å². The summed E-state index contributed by atoms with van der Waals surface area (Å²) in [5, 5.41) is 20.2. The number of carboxylic acid groups (broad SMARTS) is 1. The minimum atomic E-state index is -0.889. The summed E-state index contributed by atoms with van der Waals surface area (Å²) in [4.78, 5) is 25.7. The summed E-state index contributed by atoms with van der Waals surface area (Å²) in [7, 11) is 0. The molecule has 0 radical (unpaired) electrons. The third-order valence-corrected chi connectivity index (χ3v) is 5.03. The molecular weight excluding hydrogens is 296 g/mol. The van der Waals surface area contributed by atoms with Crippen molar-refractivity contribution >= 4 is 17.7 Å². The molecule has 1 amide bonds. The van der Waals surface area contributed by atoms with Crippen LogP contribution in [-0.4, -0.2) is 46.3 Å². The molecule has 0 spiro atoms. The van der Waals surface area contributed by atoms with Gasteiger partial charge in [-0.15, -0.1) is 5.10 Å². The molecule has 1 saturated heterocycles. The van der Waals surface area contributed by atoms with E-state index < -0.39 is 23.2 Å². The topological polar surface area (TPSA) is 95.4 Å². The summed E-state index contributed by atoms with van der Waals surface area (Å²) in [5.41, 5.74) is -0.463. The Labute approximate surface area is 135 Å². The van der Waals surface area contributed by atoms with Crippen molar-refractivity contribution in [2.45, 2.75) is 32.7 Å². The molecule has 2 heterocycles. The van der Waals surface area contributed by atoms with Gasteiger partial charge < -0.3 is 15.3 Å². The van der Waals surface area contributed by atoms with Crippen LogP contribution in [0.5, 0.6) is 0 Å². The van der Waals surface area contributed by atoms with Crippen LogP contribution < -0.4 is 10.2 Å². The SMILES string of the molecule is CC1(C)[C@H](C(=O)O)[C@@H]1C(=O)NC1CCCN(c2cccnn2)C1. The molecule has 1 aliphatic heterocycles. The second-order valence-corrected chi connectivity index (χ2v) is 6.99. The van der Waals surface area contributed by atoms with Crippen molar-refractivity contribution in [3.8, 4) is 0 Å². The smallest absolute Gasteiger partial charge is 0.307 e. The van der Waals surface area contributed by atoms with Gasteiger partial charge in [0.1, 0.15) is 0 Å². The van der Waals surface area contributed by atoms with Crippen molar-refractivity contribution < 1.29 is 14.7 Å². The van der Waals surface area contributed by atoms with E-state index in [4.69, 9.17) is 0 Å². The second kappa shape index (κ2) is 5.79. The number of anilines is 1. The number of aliphatic carboxylic acids is 1. The van der Waals surface area contributed by atoms with Crippen molar-refractivity contribution in [1.82, 2.24) is 15.5 Å². The monoisotopic (exact) mass is 318 g/mol. The van der Waals surface area contributed by atoms with Crippen LogP contribution in [0.4, 0.5) is 5.82 Å². The predicted octanol–water partition coefficient (Wildman–Crippen LogP) is 0.918. The molecule has 1 unspecified atom stereocenters. The number of piperidine rings is 1. The van der Waals surface area contributed by atoms with E-state index in [0.29, 0.717) is 6.54 Å². The summed E-state index contributed by atoms with van der Waals surface area (Å²) in [6.07, 6.45) is 3.49. The number of hydrogen-bond donors (Lipinski definition) is 2. The van der Waals surface area contributed by atoms with E-state index in [1.165, 1.54) is 0 Å². The van der Waals surface area contributed by atoms with E-state index in [2.05, 4.69) is 20.4 Å². The number of carbonyl (C=O) groups excluding carboxylic acids is 1. The lowest BCUT2D eigenvalue weighted by Crippen LogP contribution is -2.48. The Kier molecular flexibility index (Phi) is 3.95. The Bertz CT molecular complexity index is 605. The number of hydrogen-bond acceptors (Lipinski definition) is 5. The molecular formula is C16H22N4O3. The first-order chi connectivity index (χ1) is 10.9. The summed E-state index contributed by atoms with van der Waals surface area (Å²) in [6.45, 7) is 5.23. The van der Waals surface area contributed by atoms with Crippen LogP contribution in [0.2, 0.25) is 0 Å². The van der Waals surface area contributed by atoms with E-state index in [1.54, 1.807) is 6.20 Å². The maximum absolute atomic E-state index is 12.4. The minimum Gasteiger partial charge on any atom is -0.481 e. The molecule has 124 valence electrons. The molecule has 2 fully saturated rings. The van der Waals surface area contributed by atoms with E-state index in [-0.39, 0.29) is 11.9 Å². The van der Waals surface area contributed by atoms with Crippen molar-refractivity contribution in [3.05, 3.63) is 18.3 Å². The summed E-state index contributed by atoms with van der Waals surface area (Å²) in [5.74, 6) is -1.25. The average Bonchev–Trinajstić information content (AvgIpc) is 3.11. The number of carbonyl (C=O) groups is 2. The zero-order chi connectivity index (χ0) is 16.6. The van der Waals surface area contributed by atoms with Crippen LogP contribution in [0.3, 0.4) is 0 Å². The largest absolute Gasteiger partial charge is 0.481 e. The number of amides is 1. The number of nitrogens with zero attached hydrogens (tertiary/aromatic N) is 3. The highest BCUT2D eigenvalue weighted by molar-refractivity contribution is 5.91. The molecule has 3 rings (SSSR count). The molecule has 1 aliphatic carbocycles. The van der Waals surface area contributed by atoms with Crippen molar-refractivity contribution in [2.24, 2.45) is 17.3 Å². The molecule has 0 bridgehead atoms. The average molecular weight is 318 g/mol. The fraction of sp³-hybridized carbons (Fsp3) is 0.625. The fourth-order valence-electron chi connectivity index (χ4n) is 3.64. The van der Waals surface area contributed by atoms with Gasteiger partial charge in [0.2, 0.25) is 5.91 Å². The third-order valence-electron chi connectivity index (χ3n) is 5.03. The Morgan fingerprint density at radius 2 is 2.17 bits per heavy atom. The maximum atomic E-state index is 12.4. The van der Waals surface area contributed by atoms with Gasteiger partial charge in [0.05, 0.1) is 11.8 Å². The lowest BCUT2D eigenvalue weighted by Gasteiger charge is -2.33. The molecule has 0 aromatic carbocycles. The molecule has 7 heteroatoms. The van der Waals surface area contributed by atoms with Crippen LogP contribution in [0.1, 0.15) is 26.7 Å². The van der Waals surface area contributed by atoms with E-state index in [1.807, 2.05) is 26.0 Å². The molecule has 2 aliphatic rings. The van der Waals surface area contributed by atoms with Crippen LogP contribution in [0, 0.1) is 17.3 Å². The lowest BCUT2D eigenvalue weighted by atomic mass is 10.0. The van der Waals surface area contributed by atoms with Crippen molar-refractivity contribution in [2.75, 3.05) is 18.0 Å². The molecule has 1 aromatic rings. The highest BCUT2D eigenvalue weighted by Gasteiger charge is 2.66. The molecule has 3 atom stereocenters. The quantitative estimate of drug-likeness (QED) is 0.857. The van der Waals surface area contributed by atoms with Crippen LogP contribution in [0.25, 0.3) is 0 Å². The molecule has 1 saturated carbocycles. The zero-order valence-electron chi connectivity index (χ0n) is 13.4. The third kappa shape index (κ3) is 3.00. The highest BCUT2D eigenvalue weighted by Crippen LogP contribution is 2.58. The fourth-order valence-corrected chi connectivity index (χ4v) is 3.64. The lowest BCUT2D eigenvalue weighted by molar-refractivity contribution is -0.140. The number of nitrogens with one attached hydrogen (secondary N) is 1. The van der Waals surface area contributed by atoms with Gasteiger partial charge in [0.25, 0.3) is 0 Å². The Hall–Kier alpha value is -2.18. The van der Waals surface area contributed by atoms with E-state index >= 15 is 0 Å². The molecule has 23 heavy (non-hydrogen) atoms. The predicted molar refractivity (Wildman–Crippen MR) is 83.8 cm³/mol. The normalized spacial score (nSPS) is 29.0. The Morgan fingerprint density at radius 1 is 1.39 bits per heavy atom. The molecule has 7 nitrogen and oxygen atoms in total. The number of rotatable bonds is 4. The van der Waals surface area contributed by atoms with E-state index in [0.717, 1.165) is 25.2 Å². The zero-order valence-corrected chi connectivity index (χ0v) is 13.4. The van der Waals surface area contributed by atoms with Crippen LogP contribution >= 0.6 is 0 Å². The van der Waals surface area contributed by atoms with Crippen molar-refractivity contribution in [3.63, 3.8) is 0 Å². The van der Waals surface area contributed by atoms with Crippen LogP contribution in [0.15, 0.2) is 18.3 Å². The van der Waals surface area contributed by atoms with Gasteiger partial charge in [-0.3, -0.25) is 9.59 Å². The molecule has 1 aromatic heterocycles. The Morgan fingerprint density at radius 3 is 2.78 bits per heavy atom. The second-order valence-electron chi connectivity index (χ2n) is 6.99. The first kappa shape index (κ1) is 15.7. The summed E-state index contributed by atoms with van der Waals surface area (Å²) >= 11 is 0. The summed E-state index contributed by atoms with van der Waals surface area (Å²) in [6, 6.07) is 3.76. The van der Waals surface area contributed by atoms with Gasteiger partial charge in [-0.25, -0.2) is 0 Å². The first-order valence-corrected chi connectivity index (χ1v) is 7.97. The minimum absolute atomic E-state index is 0.0177. The van der Waals surface area contributed by atoms with Crippen molar-refractivity contribution in [1.29, 1.82) is 0 Å². The first-order valence-electron chi connectivity index (χ1n) is 7.97. The number of carboxylic acids is 1. The van der Waals surface area contributed by atoms with E-state index in [9.17, 15) is 14.7 Å². The maximum Gasteiger partial charge on any atom is 0.307 e.